The number of nitro groups is 1. The van der Waals surface area contributed by atoms with E-state index in [1.165, 1.54) is 19.2 Å². The highest BCUT2D eigenvalue weighted by Gasteiger charge is 2.13. The summed E-state index contributed by atoms with van der Waals surface area (Å²) >= 11 is 6.63. The molecule has 6 nitrogen and oxygen atoms in total. The molecule has 0 N–H and O–H groups in total. The molecule has 0 saturated carbocycles. The van der Waals surface area contributed by atoms with Gasteiger partial charge in [-0.1, -0.05) is 0 Å². The van der Waals surface area contributed by atoms with Crippen LogP contribution < -0.4 is 4.74 Å². The lowest BCUT2D eigenvalue weighted by Crippen LogP contribution is -2.04. The van der Waals surface area contributed by atoms with Crippen molar-refractivity contribution >= 4 is 37.5 Å². The van der Waals surface area contributed by atoms with Crippen LogP contribution in [-0.4, -0.2) is 21.8 Å². The maximum absolute atomic E-state index is 10.8. The molecule has 2 rings (SSSR count). The van der Waals surface area contributed by atoms with Crippen LogP contribution in [-0.2, 0) is 6.54 Å². The molecule has 0 radical (unpaired) electrons. The number of nitrogens with zero attached hydrogens (tertiary/aromatic N) is 3. The van der Waals surface area contributed by atoms with Crippen LogP contribution in [0.3, 0.4) is 0 Å². The fourth-order valence-electron chi connectivity index (χ4n) is 1.64. The SMILES string of the molecule is COc1ccc([N+](=O)[O-])cc1Cn1nc(Br)cc1Br. The number of aromatic nitrogens is 2. The van der Waals surface area contributed by atoms with Gasteiger partial charge in [-0.15, -0.1) is 0 Å². The number of hydrogen-bond acceptors (Lipinski definition) is 4. The number of nitro benzene ring substituents is 1. The minimum atomic E-state index is -0.434. The second kappa shape index (κ2) is 5.70. The van der Waals surface area contributed by atoms with Gasteiger partial charge >= 0.3 is 0 Å². The van der Waals surface area contributed by atoms with Gasteiger partial charge in [0, 0.05) is 23.8 Å². The van der Waals surface area contributed by atoms with Gasteiger partial charge in [-0.25, -0.2) is 0 Å². The first-order chi connectivity index (χ1) is 9.01. The van der Waals surface area contributed by atoms with Crippen LogP contribution in [0.1, 0.15) is 5.56 Å². The second-order valence-corrected chi connectivity index (χ2v) is 5.33. The fourth-order valence-corrected chi connectivity index (χ4v) is 2.78. The van der Waals surface area contributed by atoms with E-state index < -0.39 is 4.92 Å². The third kappa shape index (κ3) is 3.13. The zero-order valence-electron chi connectivity index (χ0n) is 9.84. The van der Waals surface area contributed by atoms with Crippen LogP contribution in [0.25, 0.3) is 0 Å². The van der Waals surface area contributed by atoms with Gasteiger partial charge in [-0.3, -0.25) is 14.8 Å². The van der Waals surface area contributed by atoms with E-state index in [4.69, 9.17) is 4.74 Å². The number of ether oxygens (including phenoxy) is 1. The third-order valence-electron chi connectivity index (χ3n) is 2.50. The largest absolute Gasteiger partial charge is 0.496 e. The molecular formula is C11H9Br2N3O3. The quantitative estimate of drug-likeness (QED) is 0.592. The summed E-state index contributed by atoms with van der Waals surface area (Å²) in [7, 11) is 1.53. The van der Waals surface area contributed by atoms with Gasteiger partial charge in [0.1, 0.15) is 15.0 Å². The van der Waals surface area contributed by atoms with Crippen molar-refractivity contribution < 1.29 is 9.66 Å². The zero-order valence-corrected chi connectivity index (χ0v) is 13.0. The highest BCUT2D eigenvalue weighted by atomic mass is 79.9. The van der Waals surface area contributed by atoms with Crippen molar-refractivity contribution in [1.29, 1.82) is 0 Å². The van der Waals surface area contributed by atoms with Crippen molar-refractivity contribution in [2.45, 2.75) is 6.54 Å². The minimum absolute atomic E-state index is 0.0261. The molecule has 0 unspecified atom stereocenters. The molecular weight excluding hydrogens is 382 g/mol. The number of halogens is 2. The summed E-state index contributed by atoms with van der Waals surface area (Å²) in [6, 6.07) is 6.28. The Bertz CT molecular complexity index is 628. The molecule has 19 heavy (non-hydrogen) atoms. The molecule has 0 spiro atoms. The number of rotatable bonds is 4. The van der Waals surface area contributed by atoms with Crippen LogP contribution in [0, 0.1) is 10.1 Å². The van der Waals surface area contributed by atoms with E-state index in [9.17, 15) is 10.1 Å². The monoisotopic (exact) mass is 389 g/mol. The number of benzene rings is 1. The molecule has 0 aliphatic carbocycles. The lowest BCUT2D eigenvalue weighted by molar-refractivity contribution is -0.384. The maximum atomic E-state index is 10.8. The highest BCUT2D eigenvalue weighted by Crippen LogP contribution is 2.26. The van der Waals surface area contributed by atoms with Crippen molar-refractivity contribution in [2.75, 3.05) is 7.11 Å². The summed E-state index contributed by atoms with van der Waals surface area (Å²) in [6.07, 6.45) is 0. The molecule has 0 atom stereocenters. The average molecular weight is 391 g/mol. The Morgan fingerprint density at radius 2 is 2.16 bits per heavy atom. The highest BCUT2D eigenvalue weighted by molar-refractivity contribution is 9.11. The first-order valence-electron chi connectivity index (χ1n) is 5.21. The molecule has 1 aromatic heterocycles. The summed E-state index contributed by atoms with van der Waals surface area (Å²) in [5, 5.41) is 15.0. The molecule has 0 saturated heterocycles. The Labute approximate surface area is 125 Å². The van der Waals surface area contributed by atoms with Crippen LogP contribution >= 0.6 is 31.9 Å². The smallest absolute Gasteiger partial charge is 0.270 e. The maximum Gasteiger partial charge on any atom is 0.270 e. The molecule has 0 amide bonds. The van der Waals surface area contributed by atoms with Crippen LogP contribution in [0.15, 0.2) is 33.5 Å². The summed E-state index contributed by atoms with van der Waals surface area (Å²) < 4.78 is 8.34. The molecule has 2 aromatic rings. The van der Waals surface area contributed by atoms with E-state index in [0.717, 1.165) is 4.60 Å². The van der Waals surface area contributed by atoms with Gasteiger partial charge in [0.2, 0.25) is 0 Å². The molecule has 0 aliphatic rings. The van der Waals surface area contributed by atoms with E-state index >= 15 is 0 Å². The van der Waals surface area contributed by atoms with Crippen molar-refractivity contribution in [3.8, 4) is 5.75 Å². The van der Waals surface area contributed by atoms with Crippen LogP contribution in [0.4, 0.5) is 5.69 Å². The lowest BCUT2D eigenvalue weighted by Gasteiger charge is -2.09. The molecule has 0 aliphatic heterocycles. The molecule has 0 bridgehead atoms. The first kappa shape index (κ1) is 14.0. The third-order valence-corrected chi connectivity index (χ3v) is 3.52. The van der Waals surface area contributed by atoms with Crippen molar-refractivity contribution in [3.63, 3.8) is 0 Å². The van der Waals surface area contributed by atoms with Crippen LogP contribution in [0.2, 0.25) is 0 Å². The van der Waals surface area contributed by atoms with E-state index in [-0.39, 0.29) is 5.69 Å². The predicted molar refractivity (Wildman–Crippen MR) is 76.4 cm³/mol. The normalized spacial score (nSPS) is 10.5. The second-order valence-electron chi connectivity index (χ2n) is 3.70. The van der Waals surface area contributed by atoms with Crippen molar-refractivity contribution in [3.05, 3.63) is 49.1 Å². The van der Waals surface area contributed by atoms with Gasteiger partial charge in [-0.05, 0) is 37.9 Å². The molecule has 1 aromatic carbocycles. The Morgan fingerprint density at radius 1 is 1.42 bits per heavy atom. The lowest BCUT2D eigenvalue weighted by atomic mass is 10.2. The number of non-ortho nitro benzene ring substituents is 1. The topological polar surface area (TPSA) is 70.2 Å². The van der Waals surface area contributed by atoms with Crippen LogP contribution in [0.5, 0.6) is 5.75 Å². The molecule has 1 heterocycles. The molecule has 8 heteroatoms. The zero-order chi connectivity index (χ0) is 14.0. The first-order valence-corrected chi connectivity index (χ1v) is 6.80. The van der Waals surface area contributed by atoms with Gasteiger partial charge in [0.25, 0.3) is 5.69 Å². The summed E-state index contributed by atoms with van der Waals surface area (Å²) in [5.41, 5.74) is 0.714. The van der Waals surface area contributed by atoms with Crippen molar-refractivity contribution in [1.82, 2.24) is 9.78 Å². The summed E-state index contributed by atoms with van der Waals surface area (Å²) in [5.74, 6) is 0.587. The Morgan fingerprint density at radius 3 is 2.68 bits per heavy atom. The Balaban J connectivity index is 2.39. The average Bonchev–Trinajstić information content (AvgIpc) is 2.67. The molecule has 0 fully saturated rings. The minimum Gasteiger partial charge on any atom is -0.496 e. The predicted octanol–water partition coefficient (Wildman–Crippen LogP) is 3.37. The van der Waals surface area contributed by atoms with E-state index in [1.807, 2.05) is 0 Å². The van der Waals surface area contributed by atoms with E-state index in [1.54, 1.807) is 16.8 Å². The van der Waals surface area contributed by atoms with E-state index in [2.05, 4.69) is 37.0 Å². The molecule has 100 valence electrons. The number of hydrogen-bond donors (Lipinski definition) is 0. The Hall–Kier alpha value is -1.41. The number of methoxy groups -OCH3 is 1. The fraction of sp³-hybridized carbons (Fsp3) is 0.182. The summed E-state index contributed by atoms with van der Waals surface area (Å²) in [6.45, 7) is 0.372. The van der Waals surface area contributed by atoms with Gasteiger partial charge in [0.15, 0.2) is 0 Å². The standard InChI is InChI=1S/C11H9Br2N3O3/c1-19-9-3-2-8(16(17)18)4-7(9)6-15-11(13)5-10(12)14-15/h2-5H,6H2,1H3. The Kier molecular flexibility index (Phi) is 4.20. The van der Waals surface area contributed by atoms with E-state index in [0.29, 0.717) is 22.5 Å². The van der Waals surface area contributed by atoms with Crippen molar-refractivity contribution in [2.24, 2.45) is 0 Å². The van der Waals surface area contributed by atoms with Gasteiger partial charge < -0.3 is 4.74 Å². The van der Waals surface area contributed by atoms with Gasteiger partial charge in [-0.2, -0.15) is 5.10 Å². The summed E-state index contributed by atoms with van der Waals surface area (Å²) in [4.78, 5) is 10.4. The van der Waals surface area contributed by atoms with Gasteiger partial charge in [0.05, 0.1) is 18.6 Å².